The summed E-state index contributed by atoms with van der Waals surface area (Å²) in [5, 5.41) is 6.13. The molecule has 0 aliphatic carbocycles. The van der Waals surface area contributed by atoms with Crippen LogP contribution in [0.2, 0.25) is 0 Å². The van der Waals surface area contributed by atoms with Crippen LogP contribution < -0.4 is 10.6 Å². The highest BCUT2D eigenvalue weighted by atomic mass is 79.9. The minimum atomic E-state index is -0.233. The van der Waals surface area contributed by atoms with Crippen LogP contribution in [0, 0.1) is 0 Å². The number of hydrogen-bond donors (Lipinski definition) is 2. The van der Waals surface area contributed by atoms with Gasteiger partial charge in [-0.3, -0.25) is 4.79 Å². The summed E-state index contributed by atoms with van der Waals surface area (Å²) in [6.45, 7) is 3.96. The van der Waals surface area contributed by atoms with E-state index in [1.54, 1.807) is 0 Å². The number of rotatable bonds is 4. The molecule has 0 bridgehead atoms. The first kappa shape index (κ1) is 14.5. The molecule has 1 aromatic rings. The average Bonchev–Trinajstić information content (AvgIpc) is 2.40. The van der Waals surface area contributed by atoms with E-state index in [-0.39, 0.29) is 18.1 Å². The first-order valence-corrected chi connectivity index (χ1v) is 7.27. The summed E-state index contributed by atoms with van der Waals surface area (Å²) in [6, 6.07) is 7.53. The molecule has 2 N–H and O–H groups in total. The molecular weight excluding hydrogens is 308 g/mol. The fraction of sp³-hybridized carbons (Fsp3) is 0.500. The van der Waals surface area contributed by atoms with Gasteiger partial charge in [0.15, 0.2) is 0 Å². The number of nitrogens with one attached hydrogen (secondary N) is 2. The Labute approximate surface area is 122 Å². The largest absolute Gasteiger partial charge is 0.364 e. The minimum absolute atomic E-state index is 0.0829. The van der Waals surface area contributed by atoms with E-state index in [0.29, 0.717) is 0 Å². The summed E-state index contributed by atoms with van der Waals surface area (Å²) >= 11 is 3.40. The van der Waals surface area contributed by atoms with E-state index in [1.807, 2.05) is 31.2 Å². The molecule has 1 aliphatic heterocycles. The smallest absolute Gasteiger partial charge is 0.250 e. The molecule has 104 valence electrons. The van der Waals surface area contributed by atoms with Crippen molar-refractivity contribution in [1.82, 2.24) is 5.32 Å². The number of benzene rings is 1. The second kappa shape index (κ2) is 6.50. The van der Waals surface area contributed by atoms with Crippen LogP contribution in [0.25, 0.3) is 0 Å². The molecule has 1 amide bonds. The molecule has 0 aromatic heterocycles. The SMILES string of the molecule is CC1(OCC(=O)Nc2ccccc2Br)CCCNC1. The molecule has 19 heavy (non-hydrogen) atoms. The van der Waals surface area contributed by atoms with Crippen molar-refractivity contribution in [1.29, 1.82) is 0 Å². The molecule has 4 nitrogen and oxygen atoms in total. The Bertz CT molecular complexity index is 445. The standard InChI is InChI=1S/C14H19BrN2O2/c1-14(7-4-8-16-10-14)19-9-13(18)17-12-6-3-2-5-11(12)15/h2-3,5-6,16H,4,7-10H2,1H3,(H,17,18). The van der Waals surface area contributed by atoms with Crippen molar-refractivity contribution in [3.8, 4) is 0 Å². The molecule has 1 saturated heterocycles. The van der Waals surface area contributed by atoms with E-state index in [9.17, 15) is 4.79 Å². The first-order valence-electron chi connectivity index (χ1n) is 6.48. The molecule has 0 radical (unpaired) electrons. The summed E-state index contributed by atoms with van der Waals surface area (Å²) in [7, 11) is 0. The highest BCUT2D eigenvalue weighted by molar-refractivity contribution is 9.10. The highest BCUT2D eigenvalue weighted by Gasteiger charge is 2.28. The van der Waals surface area contributed by atoms with Crippen molar-refractivity contribution in [2.75, 3.05) is 25.0 Å². The maximum atomic E-state index is 11.9. The Morgan fingerprint density at radius 1 is 1.53 bits per heavy atom. The molecule has 5 heteroatoms. The number of carbonyl (C=O) groups is 1. The number of piperidine rings is 1. The van der Waals surface area contributed by atoms with Gasteiger partial charge in [0.25, 0.3) is 0 Å². The molecule has 1 fully saturated rings. The summed E-state index contributed by atoms with van der Waals surface area (Å²) in [6.07, 6.45) is 2.07. The number of halogens is 1. The number of anilines is 1. The summed E-state index contributed by atoms with van der Waals surface area (Å²) in [5.74, 6) is -0.126. The predicted octanol–water partition coefficient (Wildman–Crippen LogP) is 2.55. The lowest BCUT2D eigenvalue weighted by Gasteiger charge is -2.33. The van der Waals surface area contributed by atoms with Crippen LogP contribution in [0.15, 0.2) is 28.7 Å². The van der Waals surface area contributed by atoms with E-state index >= 15 is 0 Å². The van der Waals surface area contributed by atoms with E-state index in [0.717, 1.165) is 36.1 Å². The van der Waals surface area contributed by atoms with Crippen molar-refractivity contribution < 1.29 is 9.53 Å². The molecule has 0 saturated carbocycles. The van der Waals surface area contributed by atoms with Gasteiger partial charge in [-0.2, -0.15) is 0 Å². The maximum absolute atomic E-state index is 11.9. The van der Waals surface area contributed by atoms with E-state index in [4.69, 9.17) is 4.74 Å². The normalized spacial score (nSPS) is 23.1. The number of para-hydroxylation sites is 1. The third-order valence-electron chi connectivity index (χ3n) is 3.26. The zero-order valence-corrected chi connectivity index (χ0v) is 12.6. The zero-order chi connectivity index (χ0) is 13.7. The molecule has 0 spiro atoms. The fourth-order valence-electron chi connectivity index (χ4n) is 2.14. The molecule has 2 rings (SSSR count). The number of ether oxygens (including phenoxy) is 1. The molecule has 1 atom stereocenters. The van der Waals surface area contributed by atoms with Crippen LogP contribution in [0.4, 0.5) is 5.69 Å². The number of amides is 1. The van der Waals surface area contributed by atoms with Gasteiger partial charge >= 0.3 is 0 Å². The fourth-order valence-corrected chi connectivity index (χ4v) is 2.52. The number of hydrogen-bond acceptors (Lipinski definition) is 3. The van der Waals surface area contributed by atoms with Crippen LogP contribution in [0.1, 0.15) is 19.8 Å². The van der Waals surface area contributed by atoms with Gasteiger partial charge in [0, 0.05) is 11.0 Å². The van der Waals surface area contributed by atoms with Crippen LogP contribution in [0.3, 0.4) is 0 Å². The molecule has 1 unspecified atom stereocenters. The molecule has 1 heterocycles. The van der Waals surface area contributed by atoms with E-state index in [1.165, 1.54) is 0 Å². The monoisotopic (exact) mass is 326 g/mol. The topological polar surface area (TPSA) is 50.4 Å². The van der Waals surface area contributed by atoms with Gasteiger partial charge in [-0.05, 0) is 54.4 Å². The second-order valence-corrected chi connectivity index (χ2v) is 5.90. The van der Waals surface area contributed by atoms with Gasteiger partial charge in [0.1, 0.15) is 6.61 Å². The second-order valence-electron chi connectivity index (χ2n) is 5.05. The zero-order valence-electron chi connectivity index (χ0n) is 11.0. The summed E-state index contributed by atoms with van der Waals surface area (Å²) in [5.41, 5.74) is 0.534. The summed E-state index contributed by atoms with van der Waals surface area (Å²) in [4.78, 5) is 11.9. The maximum Gasteiger partial charge on any atom is 0.250 e. The minimum Gasteiger partial charge on any atom is -0.364 e. The van der Waals surface area contributed by atoms with Crippen LogP contribution in [-0.4, -0.2) is 31.2 Å². The summed E-state index contributed by atoms with van der Waals surface area (Å²) < 4.78 is 6.62. The van der Waals surface area contributed by atoms with Crippen molar-refractivity contribution in [2.24, 2.45) is 0 Å². The molecule has 1 aromatic carbocycles. The lowest BCUT2D eigenvalue weighted by Crippen LogP contribution is -2.46. The Morgan fingerprint density at radius 3 is 3.00 bits per heavy atom. The van der Waals surface area contributed by atoms with Crippen molar-refractivity contribution in [3.05, 3.63) is 28.7 Å². The first-order chi connectivity index (χ1) is 9.09. The Kier molecular flexibility index (Phi) is 4.96. The predicted molar refractivity (Wildman–Crippen MR) is 79.2 cm³/mol. The van der Waals surface area contributed by atoms with Gasteiger partial charge < -0.3 is 15.4 Å². The van der Waals surface area contributed by atoms with E-state index < -0.39 is 0 Å². The third-order valence-corrected chi connectivity index (χ3v) is 3.95. The van der Waals surface area contributed by atoms with Gasteiger partial charge in [-0.15, -0.1) is 0 Å². The Balaban J connectivity index is 1.83. The van der Waals surface area contributed by atoms with Gasteiger partial charge in [0.05, 0.1) is 11.3 Å². The quantitative estimate of drug-likeness (QED) is 0.894. The Hall–Kier alpha value is -0.910. The number of carbonyl (C=O) groups excluding carboxylic acids is 1. The van der Waals surface area contributed by atoms with Crippen molar-refractivity contribution >= 4 is 27.5 Å². The van der Waals surface area contributed by atoms with Crippen LogP contribution >= 0.6 is 15.9 Å². The van der Waals surface area contributed by atoms with E-state index in [2.05, 4.69) is 26.6 Å². The van der Waals surface area contributed by atoms with Crippen LogP contribution in [0.5, 0.6) is 0 Å². The lowest BCUT2D eigenvalue weighted by molar-refractivity contribution is -0.128. The van der Waals surface area contributed by atoms with Gasteiger partial charge in [-0.1, -0.05) is 12.1 Å². The molecule has 1 aliphatic rings. The lowest BCUT2D eigenvalue weighted by atomic mass is 9.96. The van der Waals surface area contributed by atoms with Gasteiger partial charge in [0.2, 0.25) is 5.91 Å². The van der Waals surface area contributed by atoms with Crippen molar-refractivity contribution in [3.63, 3.8) is 0 Å². The average molecular weight is 327 g/mol. The van der Waals surface area contributed by atoms with Crippen molar-refractivity contribution in [2.45, 2.75) is 25.4 Å². The van der Waals surface area contributed by atoms with Gasteiger partial charge in [-0.25, -0.2) is 0 Å². The van der Waals surface area contributed by atoms with Crippen LogP contribution in [-0.2, 0) is 9.53 Å². The Morgan fingerprint density at radius 2 is 2.32 bits per heavy atom. The third kappa shape index (κ3) is 4.30. The molecular formula is C14H19BrN2O2. The highest BCUT2D eigenvalue weighted by Crippen LogP contribution is 2.22.